The molecule has 4 nitrogen and oxygen atoms in total. The number of thiophene rings is 1. The van der Waals surface area contributed by atoms with Crippen molar-refractivity contribution >= 4 is 86.7 Å². The van der Waals surface area contributed by atoms with E-state index in [-0.39, 0.29) is 0 Å². The summed E-state index contributed by atoms with van der Waals surface area (Å²) in [5.74, 6) is 0.657. The molecule has 4 aromatic heterocycles. The normalized spacial score (nSPS) is 11.9. The third kappa shape index (κ3) is 5.18. The standard InChI is InChI=1S/C56H34N4S/c1-4-17-37(18-5-1)50-34-46-55(61-50)53(38-19-6-2-7-20-38)58-56(57-46)60-47-30-29-39(33-45(47)52-42-24-13-11-16-36(42)28-32-49(52)60)43-25-14-26-44-51-41-23-12-10-15-35(41)27-31-48(51)59(54(43)44)40-21-8-3-9-22-40/h1-34H. The summed E-state index contributed by atoms with van der Waals surface area (Å²) < 4.78 is 5.81. The highest BCUT2D eigenvalue weighted by Crippen LogP contribution is 2.45. The Hall–Kier alpha value is -7.86. The predicted octanol–water partition coefficient (Wildman–Crippen LogP) is 15.2. The van der Waals surface area contributed by atoms with Gasteiger partial charge in [-0.3, -0.25) is 4.57 Å². The number of benzene rings is 9. The molecule has 0 radical (unpaired) electrons. The fraction of sp³-hybridized carbons (Fsp3) is 0. The molecule has 5 heteroatoms. The zero-order valence-corrected chi connectivity index (χ0v) is 33.6. The highest BCUT2D eigenvalue weighted by atomic mass is 32.1. The van der Waals surface area contributed by atoms with Crippen LogP contribution in [-0.2, 0) is 0 Å². The number of hydrogen-bond acceptors (Lipinski definition) is 3. The van der Waals surface area contributed by atoms with Crippen LogP contribution in [0.5, 0.6) is 0 Å². The fourth-order valence-electron chi connectivity index (χ4n) is 9.64. The molecule has 0 atom stereocenters. The Kier molecular flexibility index (Phi) is 7.44. The van der Waals surface area contributed by atoms with Crippen LogP contribution in [0.25, 0.3) is 120 Å². The van der Waals surface area contributed by atoms with Crippen molar-refractivity contribution in [3.8, 4) is 44.5 Å². The highest BCUT2D eigenvalue weighted by Gasteiger charge is 2.23. The first-order valence-electron chi connectivity index (χ1n) is 20.7. The Morgan fingerprint density at radius 2 is 0.984 bits per heavy atom. The van der Waals surface area contributed by atoms with Crippen LogP contribution in [0, 0.1) is 0 Å². The molecule has 0 N–H and O–H groups in total. The van der Waals surface area contributed by atoms with E-state index >= 15 is 0 Å². The van der Waals surface area contributed by atoms with Crippen LogP contribution in [-0.4, -0.2) is 19.1 Å². The molecular weight excluding hydrogens is 761 g/mol. The van der Waals surface area contributed by atoms with Crippen LogP contribution in [0.15, 0.2) is 206 Å². The first-order chi connectivity index (χ1) is 30.3. The van der Waals surface area contributed by atoms with Crippen molar-refractivity contribution in [2.75, 3.05) is 0 Å². The van der Waals surface area contributed by atoms with Crippen LogP contribution in [0.2, 0.25) is 0 Å². The van der Waals surface area contributed by atoms with Gasteiger partial charge >= 0.3 is 0 Å². The molecule has 9 aromatic carbocycles. The van der Waals surface area contributed by atoms with Gasteiger partial charge in [0.2, 0.25) is 5.95 Å². The smallest absolute Gasteiger partial charge is 0.235 e. The third-order valence-electron chi connectivity index (χ3n) is 12.3. The Labute approximate surface area is 354 Å². The van der Waals surface area contributed by atoms with Gasteiger partial charge in [0.25, 0.3) is 0 Å². The van der Waals surface area contributed by atoms with Crippen molar-refractivity contribution in [3.63, 3.8) is 0 Å². The average Bonchev–Trinajstić information content (AvgIpc) is 4.02. The van der Waals surface area contributed by atoms with Crippen molar-refractivity contribution in [2.45, 2.75) is 0 Å². The van der Waals surface area contributed by atoms with Crippen molar-refractivity contribution in [1.29, 1.82) is 0 Å². The molecule has 0 fully saturated rings. The Balaban J connectivity index is 1.11. The van der Waals surface area contributed by atoms with E-state index in [1.54, 1.807) is 11.3 Å². The summed E-state index contributed by atoms with van der Waals surface area (Å²) in [6, 6.07) is 74.3. The van der Waals surface area contributed by atoms with Gasteiger partial charge in [0.1, 0.15) is 0 Å². The van der Waals surface area contributed by atoms with E-state index in [0.717, 1.165) is 49.1 Å². The summed E-state index contributed by atoms with van der Waals surface area (Å²) in [5.41, 5.74) is 12.1. The fourth-order valence-corrected chi connectivity index (χ4v) is 10.8. The molecule has 0 aliphatic heterocycles. The minimum atomic E-state index is 0.657. The second-order valence-electron chi connectivity index (χ2n) is 15.7. The van der Waals surface area contributed by atoms with Crippen molar-refractivity contribution in [1.82, 2.24) is 19.1 Å². The molecule has 0 bridgehead atoms. The quantitative estimate of drug-likeness (QED) is 0.174. The molecule has 284 valence electrons. The SMILES string of the molecule is c1ccc(-c2cc3nc(-n4c5ccc(-c6cccc7c8c9ccccc9ccc8n(-c8ccccc8)c67)cc5c5c6ccccc6ccc54)nc(-c4ccccc4)c3s2)cc1. The molecule has 0 unspecified atom stereocenters. The molecule has 13 rings (SSSR count). The van der Waals surface area contributed by atoms with Crippen LogP contribution in [0.3, 0.4) is 0 Å². The number of nitrogens with zero attached hydrogens (tertiary/aromatic N) is 4. The molecule has 13 aromatic rings. The van der Waals surface area contributed by atoms with Gasteiger partial charge in [-0.15, -0.1) is 11.3 Å². The molecular formula is C56H34N4S. The molecule has 0 aliphatic rings. The molecule has 0 saturated carbocycles. The molecule has 0 aliphatic carbocycles. The maximum atomic E-state index is 5.48. The summed E-state index contributed by atoms with van der Waals surface area (Å²) >= 11 is 1.75. The summed E-state index contributed by atoms with van der Waals surface area (Å²) in [6.07, 6.45) is 0. The first kappa shape index (κ1) is 34.0. The number of aromatic nitrogens is 4. The lowest BCUT2D eigenvalue weighted by Gasteiger charge is -2.12. The van der Waals surface area contributed by atoms with Crippen LogP contribution >= 0.6 is 11.3 Å². The van der Waals surface area contributed by atoms with Gasteiger partial charge in [0.05, 0.1) is 38.0 Å². The Bertz CT molecular complexity index is 3860. The number of hydrogen-bond donors (Lipinski definition) is 0. The van der Waals surface area contributed by atoms with Crippen molar-refractivity contribution in [3.05, 3.63) is 206 Å². The van der Waals surface area contributed by atoms with Crippen LogP contribution in [0.4, 0.5) is 0 Å². The summed E-state index contributed by atoms with van der Waals surface area (Å²) in [7, 11) is 0. The predicted molar refractivity (Wildman–Crippen MR) is 257 cm³/mol. The molecule has 0 amide bonds. The average molecular weight is 795 g/mol. The minimum absolute atomic E-state index is 0.657. The van der Waals surface area contributed by atoms with E-state index in [2.05, 4.69) is 215 Å². The van der Waals surface area contributed by atoms with Crippen LogP contribution in [0.1, 0.15) is 0 Å². The van der Waals surface area contributed by atoms with Crippen molar-refractivity contribution in [2.24, 2.45) is 0 Å². The third-order valence-corrected chi connectivity index (χ3v) is 13.5. The lowest BCUT2D eigenvalue weighted by atomic mass is 9.97. The van der Waals surface area contributed by atoms with Crippen LogP contribution < -0.4 is 0 Å². The van der Waals surface area contributed by atoms with E-state index in [1.807, 2.05) is 0 Å². The maximum Gasteiger partial charge on any atom is 0.235 e. The topological polar surface area (TPSA) is 35.6 Å². The highest BCUT2D eigenvalue weighted by molar-refractivity contribution is 7.22. The van der Waals surface area contributed by atoms with Crippen molar-refractivity contribution < 1.29 is 0 Å². The Morgan fingerprint density at radius 3 is 1.70 bits per heavy atom. The second kappa shape index (κ2) is 13.3. The number of para-hydroxylation sites is 2. The minimum Gasteiger partial charge on any atom is -0.309 e. The van der Waals surface area contributed by atoms with Gasteiger partial charge in [0, 0.05) is 43.2 Å². The summed E-state index contributed by atoms with van der Waals surface area (Å²) in [4.78, 5) is 12.1. The van der Waals surface area contributed by atoms with Gasteiger partial charge in [-0.2, -0.15) is 0 Å². The molecule has 0 saturated heterocycles. The van der Waals surface area contributed by atoms with Gasteiger partial charge in [0.15, 0.2) is 0 Å². The molecule has 61 heavy (non-hydrogen) atoms. The summed E-state index contributed by atoms with van der Waals surface area (Å²) in [5, 5.41) is 9.76. The van der Waals surface area contributed by atoms with E-state index < -0.39 is 0 Å². The van der Waals surface area contributed by atoms with Gasteiger partial charge in [-0.1, -0.05) is 164 Å². The molecule has 0 spiro atoms. The number of fused-ring (bicyclic) bond motifs is 11. The second-order valence-corrected chi connectivity index (χ2v) is 16.8. The first-order valence-corrected chi connectivity index (χ1v) is 21.5. The lowest BCUT2D eigenvalue weighted by molar-refractivity contribution is 1.02. The van der Waals surface area contributed by atoms with Gasteiger partial charge < -0.3 is 4.57 Å². The van der Waals surface area contributed by atoms with Gasteiger partial charge in [-0.25, -0.2) is 9.97 Å². The monoisotopic (exact) mass is 794 g/mol. The zero-order valence-electron chi connectivity index (χ0n) is 32.8. The number of rotatable bonds is 5. The lowest BCUT2D eigenvalue weighted by Crippen LogP contribution is -2.02. The van der Waals surface area contributed by atoms with E-state index in [1.165, 1.54) is 64.7 Å². The molecule has 4 heterocycles. The largest absolute Gasteiger partial charge is 0.309 e. The van der Waals surface area contributed by atoms with E-state index in [0.29, 0.717) is 5.95 Å². The maximum absolute atomic E-state index is 5.48. The van der Waals surface area contributed by atoms with Gasteiger partial charge in [-0.05, 0) is 75.1 Å². The van der Waals surface area contributed by atoms with E-state index in [9.17, 15) is 0 Å². The zero-order chi connectivity index (χ0) is 40.0. The van der Waals surface area contributed by atoms with E-state index in [4.69, 9.17) is 9.97 Å². The summed E-state index contributed by atoms with van der Waals surface area (Å²) in [6.45, 7) is 0. The Morgan fingerprint density at radius 1 is 0.393 bits per heavy atom.